The predicted molar refractivity (Wildman–Crippen MR) is 75.7 cm³/mol. The Morgan fingerprint density at radius 1 is 1.39 bits per heavy atom. The van der Waals surface area contributed by atoms with Crippen LogP contribution >= 0.6 is 11.3 Å². The van der Waals surface area contributed by atoms with Crippen molar-refractivity contribution in [1.29, 1.82) is 0 Å². The van der Waals surface area contributed by atoms with Crippen molar-refractivity contribution in [2.24, 2.45) is 0 Å². The predicted octanol–water partition coefficient (Wildman–Crippen LogP) is 3.48. The maximum absolute atomic E-state index is 3.95. The highest BCUT2D eigenvalue weighted by atomic mass is 32.1. The van der Waals surface area contributed by atoms with Crippen LogP contribution in [-0.2, 0) is 6.54 Å². The number of hydrogen-bond donors (Lipinski definition) is 2. The lowest BCUT2D eigenvalue weighted by atomic mass is 10.2. The van der Waals surface area contributed by atoms with Crippen LogP contribution in [0.2, 0.25) is 0 Å². The van der Waals surface area contributed by atoms with Crippen LogP contribution in [0.4, 0.5) is 0 Å². The summed E-state index contributed by atoms with van der Waals surface area (Å²) in [7, 11) is 0. The summed E-state index contributed by atoms with van der Waals surface area (Å²) in [6.07, 6.45) is 3.77. The Hall–Kier alpha value is -1.65. The quantitative estimate of drug-likeness (QED) is 0.751. The number of aromatic amines is 1. The lowest BCUT2D eigenvalue weighted by Crippen LogP contribution is -2.16. The van der Waals surface area contributed by atoms with Gasteiger partial charge in [0.2, 0.25) is 0 Å². The molecule has 92 valence electrons. The molecular formula is C14H15N3S. The zero-order valence-corrected chi connectivity index (χ0v) is 11.0. The van der Waals surface area contributed by atoms with E-state index < -0.39 is 0 Å². The molecule has 1 atom stereocenters. The van der Waals surface area contributed by atoms with Crippen molar-refractivity contribution >= 4 is 21.4 Å². The highest BCUT2D eigenvalue weighted by molar-refractivity contribution is 7.19. The maximum atomic E-state index is 3.95. The van der Waals surface area contributed by atoms with Gasteiger partial charge in [0.1, 0.15) is 0 Å². The van der Waals surface area contributed by atoms with Crippen molar-refractivity contribution in [2.45, 2.75) is 19.5 Å². The van der Waals surface area contributed by atoms with Gasteiger partial charge in [0.05, 0.1) is 6.20 Å². The highest BCUT2D eigenvalue weighted by Gasteiger charge is 2.09. The summed E-state index contributed by atoms with van der Waals surface area (Å²) in [6, 6.07) is 11.1. The second-order valence-electron chi connectivity index (χ2n) is 4.40. The maximum Gasteiger partial charge on any atom is 0.0532 e. The SMILES string of the molecule is CC(NCc1cn[nH]c1)c1cc2ccccc2s1. The topological polar surface area (TPSA) is 40.7 Å². The van der Waals surface area contributed by atoms with Gasteiger partial charge in [0.15, 0.2) is 0 Å². The number of rotatable bonds is 4. The molecule has 0 aliphatic rings. The first-order valence-corrected chi connectivity index (χ1v) is 6.84. The molecule has 1 aromatic carbocycles. The number of thiophene rings is 1. The molecule has 2 heterocycles. The average Bonchev–Trinajstić information content (AvgIpc) is 3.04. The summed E-state index contributed by atoms with van der Waals surface area (Å²) in [6.45, 7) is 3.04. The minimum Gasteiger partial charge on any atom is -0.305 e. The molecule has 0 saturated heterocycles. The molecule has 1 unspecified atom stereocenters. The molecule has 3 nitrogen and oxygen atoms in total. The van der Waals surface area contributed by atoms with Gasteiger partial charge in [-0.05, 0) is 24.4 Å². The van der Waals surface area contributed by atoms with E-state index in [-0.39, 0.29) is 0 Å². The second-order valence-corrected chi connectivity index (χ2v) is 5.51. The van der Waals surface area contributed by atoms with E-state index in [1.807, 2.05) is 23.7 Å². The van der Waals surface area contributed by atoms with Gasteiger partial charge in [0, 0.05) is 33.9 Å². The highest BCUT2D eigenvalue weighted by Crippen LogP contribution is 2.29. The van der Waals surface area contributed by atoms with Gasteiger partial charge in [0.25, 0.3) is 0 Å². The molecule has 3 rings (SSSR count). The monoisotopic (exact) mass is 257 g/mol. The molecule has 0 aliphatic heterocycles. The van der Waals surface area contributed by atoms with Crippen LogP contribution in [0.3, 0.4) is 0 Å². The third-order valence-electron chi connectivity index (χ3n) is 3.04. The van der Waals surface area contributed by atoms with Gasteiger partial charge in [-0.25, -0.2) is 0 Å². The van der Waals surface area contributed by atoms with Crippen LogP contribution < -0.4 is 5.32 Å². The first kappa shape index (κ1) is 11.4. The Labute approximate surface area is 110 Å². The smallest absolute Gasteiger partial charge is 0.0532 e. The van der Waals surface area contributed by atoms with E-state index >= 15 is 0 Å². The van der Waals surface area contributed by atoms with Gasteiger partial charge >= 0.3 is 0 Å². The minimum absolute atomic E-state index is 0.359. The Balaban J connectivity index is 1.73. The third kappa shape index (κ3) is 2.30. The molecule has 0 saturated carbocycles. The van der Waals surface area contributed by atoms with Crippen molar-refractivity contribution in [3.05, 3.63) is 53.2 Å². The van der Waals surface area contributed by atoms with Crippen molar-refractivity contribution in [1.82, 2.24) is 15.5 Å². The Bertz CT molecular complexity index is 594. The van der Waals surface area contributed by atoms with Gasteiger partial charge in [-0.3, -0.25) is 5.10 Å². The fourth-order valence-corrected chi connectivity index (χ4v) is 3.05. The second kappa shape index (κ2) is 4.92. The molecule has 2 N–H and O–H groups in total. The zero-order valence-electron chi connectivity index (χ0n) is 10.2. The van der Waals surface area contributed by atoms with Crippen LogP contribution in [0.1, 0.15) is 23.4 Å². The summed E-state index contributed by atoms with van der Waals surface area (Å²) in [4.78, 5) is 1.37. The van der Waals surface area contributed by atoms with Gasteiger partial charge in [-0.2, -0.15) is 5.10 Å². The van der Waals surface area contributed by atoms with Crippen molar-refractivity contribution < 1.29 is 0 Å². The number of benzene rings is 1. The van der Waals surface area contributed by atoms with Crippen LogP contribution in [0.5, 0.6) is 0 Å². The van der Waals surface area contributed by atoms with Gasteiger partial charge in [-0.15, -0.1) is 11.3 Å². The average molecular weight is 257 g/mol. The fraction of sp³-hybridized carbons (Fsp3) is 0.214. The molecule has 2 aromatic heterocycles. The minimum atomic E-state index is 0.359. The molecule has 0 fully saturated rings. The van der Waals surface area contributed by atoms with Crippen LogP contribution in [-0.4, -0.2) is 10.2 Å². The van der Waals surface area contributed by atoms with E-state index in [0.29, 0.717) is 6.04 Å². The summed E-state index contributed by atoms with van der Waals surface area (Å²) >= 11 is 1.86. The van der Waals surface area contributed by atoms with Crippen LogP contribution in [0.25, 0.3) is 10.1 Å². The van der Waals surface area contributed by atoms with Crippen molar-refractivity contribution in [3.63, 3.8) is 0 Å². The van der Waals surface area contributed by atoms with E-state index in [1.165, 1.54) is 20.5 Å². The number of H-pyrrole nitrogens is 1. The Morgan fingerprint density at radius 3 is 3.06 bits per heavy atom. The number of aromatic nitrogens is 2. The number of fused-ring (bicyclic) bond motifs is 1. The molecule has 0 radical (unpaired) electrons. The van der Waals surface area contributed by atoms with Crippen LogP contribution in [0.15, 0.2) is 42.7 Å². The van der Waals surface area contributed by atoms with E-state index in [0.717, 1.165) is 6.54 Å². The van der Waals surface area contributed by atoms with Crippen molar-refractivity contribution in [3.8, 4) is 0 Å². The molecular weight excluding hydrogens is 242 g/mol. The third-order valence-corrected chi connectivity index (χ3v) is 4.34. The molecule has 0 bridgehead atoms. The van der Waals surface area contributed by atoms with Gasteiger partial charge < -0.3 is 5.32 Å². The molecule has 18 heavy (non-hydrogen) atoms. The summed E-state index contributed by atoms with van der Waals surface area (Å²) in [5, 5.41) is 11.6. The lowest BCUT2D eigenvalue weighted by molar-refractivity contribution is 0.583. The first-order valence-electron chi connectivity index (χ1n) is 6.02. The van der Waals surface area contributed by atoms with Crippen molar-refractivity contribution in [2.75, 3.05) is 0 Å². The van der Waals surface area contributed by atoms with E-state index in [1.54, 1.807) is 0 Å². The number of nitrogens with zero attached hydrogens (tertiary/aromatic N) is 1. The number of nitrogens with one attached hydrogen (secondary N) is 2. The Kier molecular flexibility index (Phi) is 3.13. The first-order chi connectivity index (χ1) is 8.83. The van der Waals surface area contributed by atoms with E-state index in [4.69, 9.17) is 0 Å². The van der Waals surface area contributed by atoms with Gasteiger partial charge in [-0.1, -0.05) is 18.2 Å². The molecule has 0 aliphatic carbocycles. The number of hydrogen-bond acceptors (Lipinski definition) is 3. The van der Waals surface area contributed by atoms with E-state index in [9.17, 15) is 0 Å². The largest absolute Gasteiger partial charge is 0.305 e. The normalized spacial score (nSPS) is 12.9. The Morgan fingerprint density at radius 2 is 2.28 bits per heavy atom. The molecule has 0 spiro atoms. The summed E-state index contributed by atoms with van der Waals surface area (Å²) in [5.74, 6) is 0. The standard InChI is InChI=1S/C14H15N3S/c1-10(15-7-11-8-16-17-9-11)14-6-12-4-2-3-5-13(12)18-14/h2-6,8-10,15H,7H2,1H3,(H,16,17). The summed E-state index contributed by atoms with van der Waals surface area (Å²) < 4.78 is 1.35. The van der Waals surface area contributed by atoms with Crippen LogP contribution in [0, 0.1) is 0 Å². The lowest BCUT2D eigenvalue weighted by Gasteiger charge is -2.10. The zero-order chi connectivity index (χ0) is 12.4. The molecule has 0 amide bonds. The van der Waals surface area contributed by atoms with E-state index in [2.05, 4.69) is 52.8 Å². The summed E-state index contributed by atoms with van der Waals surface area (Å²) in [5.41, 5.74) is 1.18. The molecule has 4 heteroatoms. The fourth-order valence-electron chi connectivity index (χ4n) is 1.96. The molecule has 3 aromatic rings.